The zero-order valence-corrected chi connectivity index (χ0v) is 16.4. The molecule has 2 aromatic heterocycles. The molecule has 0 aliphatic carbocycles. The minimum Gasteiger partial charge on any atom is -0.256 e. The molecule has 3 aromatic rings. The van der Waals surface area contributed by atoms with Crippen molar-refractivity contribution in [2.24, 2.45) is 7.05 Å². The van der Waals surface area contributed by atoms with Crippen molar-refractivity contribution in [3.05, 3.63) is 59.9 Å². The lowest BCUT2D eigenvalue weighted by atomic mass is 9.95. The first kappa shape index (κ1) is 17.5. The molecule has 2 heterocycles. The summed E-state index contributed by atoms with van der Waals surface area (Å²) in [6.07, 6.45) is 3.87. The Hall–Kier alpha value is -2.36. The molecule has 0 saturated carbocycles. The number of benzene rings is 1. The highest BCUT2D eigenvalue weighted by Gasteiger charge is 2.36. The van der Waals surface area contributed by atoms with Crippen LogP contribution in [0.25, 0.3) is 11.6 Å². The van der Waals surface area contributed by atoms with Gasteiger partial charge in [0.15, 0.2) is 5.82 Å². The molecule has 0 N–H and O–H groups in total. The van der Waals surface area contributed by atoms with Crippen molar-refractivity contribution in [2.45, 2.75) is 52.9 Å². The topological polar surface area (TPSA) is 26.6 Å². The van der Waals surface area contributed by atoms with E-state index in [1.807, 2.05) is 12.4 Å². The zero-order chi connectivity index (χ0) is 18.4. The van der Waals surface area contributed by atoms with Gasteiger partial charge in [-0.3, -0.25) is 4.57 Å². The number of aromatic nitrogens is 4. The summed E-state index contributed by atoms with van der Waals surface area (Å²) in [5, 5.41) is 0. The van der Waals surface area contributed by atoms with Gasteiger partial charge in [0.25, 0.3) is 0 Å². The monoisotopic (exact) mass is 337 g/mol. The number of hydrogen-bond donors (Lipinski definition) is 0. The molecule has 0 atom stereocenters. The highest BCUT2D eigenvalue weighted by molar-refractivity contribution is 5.38. The van der Waals surface area contributed by atoms with Crippen LogP contribution in [0.1, 0.15) is 57.7 Å². The summed E-state index contributed by atoms with van der Waals surface area (Å²) >= 11 is 0. The van der Waals surface area contributed by atoms with Crippen LogP contribution in [-0.2, 0) is 12.5 Å². The van der Waals surface area contributed by atoms with Crippen LogP contribution in [0.3, 0.4) is 0 Å². The van der Waals surface area contributed by atoms with Crippen molar-refractivity contribution in [1.82, 2.24) is 14.1 Å². The highest BCUT2D eigenvalue weighted by atomic mass is 15.3. The maximum absolute atomic E-state index is 4.64. The summed E-state index contributed by atoms with van der Waals surface area (Å²) in [7, 11) is 2.05. The van der Waals surface area contributed by atoms with Gasteiger partial charge in [-0.1, -0.05) is 52.8 Å². The lowest BCUT2D eigenvalue weighted by Crippen LogP contribution is -2.44. The normalized spacial score (nSPS) is 12.2. The molecule has 4 nitrogen and oxygen atoms in total. The molecule has 25 heavy (non-hydrogen) atoms. The third-order valence-electron chi connectivity index (χ3n) is 4.60. The van der Waals surface area contributed by atoms with Gasteiger partial charge < -0.3 is 0 Å². The molecule has 0 spiro atoms. The van der Waals surface area contributed by atoms with Gasteiger partial charge in [0.1, 0.15) is 17.6 Å². The Morgan fingerprint density at radius 3 is 2.20 bits per heavy atom. The SMILES string of the molecule is Cc1c(C(C)C)n(-c2ccccc2)c(C(C)(C)C)[n+]1-c1nccn1C. The Balaban J connectivity index is 2.47. The molecule has 0 aliphatic heterocycles. The van der Waals surface area contributed by atoms with E-state index in [0.717, 1.165) is 5.95 Å². The van der Waals surface area contributed by atoms with Crippen LogP contribution in [0.5, 0.6) is 0 Å². The van der Waals surface area contributed by atoms with Crippen LogP contribution in [-0.4, -0.2) is 14.1 Å². The average Bonchev–Trinajstić information content (AvgIpc) is 3.08. The number of hydrogen-bond acceptors (Lipinski definition) is 1. The standard InChI is InChI=1S/C21H29N4/c1-15(2)18-16(3)24(20-22-13-14-23(20)7)19(21(4,5)6)25(18)17-11-9-8-10-12-17/h8-15H,1-7H3/q+1. The molecule has 132 valence electrons. The fraction of sp³-hybridized carbons (Fsp3) is 0.429. The fourth-order valence-electron chi connectivity index (χ4n) is 3.65. The second-order valence-electron chi connectivity index (χ2n) is 8.04. The average molecular weight is 337 g/mol. The summed E-state index contributed by atoms with van der Waals surface area (Å²) in [5.74, 6) is 2.61. The fourth-order valence-corrected chi connectivity index (χ4v) is 3.65. The van der Waals surface area contributed by atoms with Gasteiger partial charge in [-0.05, 0) is 19.1 Å². The van der Waals surface area contributed by atoms with E-state index in [9.17, 15) is 0 Å². The molecule has 0 saturated heterocycles. The number of para-hydroxylation sites is 1. The summed E-state index contributed by atoms with van der Waals surface area (Å²) < 4.78 is 6.83. The quantitative estimate of drug-likeness (QED) is 0.657. The summed E-state index contributed by atoms with van der Waals surface area (Å²) in [6, 6.07) is 10.6. The number of imidazole rings is 2. The predicted octanol–water partition coefficient (Wildman–Crippen LogP) is 4.22. The van der Waals surface area contributed by atoms with E-state index in [1.54, 1.807) is 0 Å². The van der Waals surface area contributed by atoms with Crippen molar-refractivity contribution in [3.8, 4) is 11.6 Å². The number of nitrogens with zero attached hydrogens (tertiary/aromatic N) is 4. The van der Waals surface area contributed by atoms with Crippen molar-refractivity contribution in [2.75, 3.05) is 0 Å². The third-order valence-corrected chi connectivity index (χ3v) is 4.60. The van der Waals surface area contributed by atoms with E-state index in [0.29, 0.717) is 5.92 Å². The van der Waals surface area contributed by atoms with E-state index in [2.05, 4.69) is 97.6 Å². The molecule has 0 bridgehead atoms. The van der Waals surface area contributed by atoms with Crippen molar-refractivity contribution < 1.29 is 4.57 Å². The van der Waals surface area contributed by atoms with E-state index in [-0.39, 0.29) is 5.41 Å². The van der Waals surface area contributed by atoms with Gasteiger partial charge in [-0.2, -0.15) is 4.57 Å². The molecule has 0 fully saturated rings. The summed E-state index contributed by atoms with van der Waals surface area (Å²) in [4.78, 5) is 4.64. The van der Waals surface area contributed by atoms with Crippen LogP contribution in [0.4, 0.5) is 0 Å². The van der Waals surface area contributed by atoms with E-state index < -0.39 is 0 Å². The molecular weight excluding hydrogens is 308 g/mol. The van der Waals surface area contributed by atoms with Gasteiger partial charge in [0, 0.05) is 18.4 Å². The van der Waals surface area contributed by atoms with Crippen LogP contribution in [0, 0.1) is 6.92 Å². The van der Waals surface area contributed by atoms with Crippen LogP contribution in [0.15, 0.2) is 42.7 Å². The molecule has 0 amide bonds. The molecule has 1 aromatic carbocycles. The van der Waals surface area contributed by atoms with Gasteiger partial charge in [0.05, 0.1) is 11.9 Å². The third kappa shape index (κ3) is 2.90. The Morgan fingerprint density at radius 1 is 1.08 bits per heavy atom. The molecular formula is C21H29N4+. The minimum atomic E-state index is -0.0420. The maximum atomic E-state index is 4.64. The molecule has 0 aliphatic rings. The molecule has 0 unspecified atom stereocenters. The Bertz CT molecular complexity index is 877. The smallest absolute Gasteiger partial charge is 0.256 e. The molecule has 0 radical (unpaired) electrons. The predicted molar refractivity (Wildman–Crippen MR) is 102 cm³/mol. The van der Waals surface area contributed by atoms with Crippen molar-refractivity contribution in [1.29, 1.82) is 0 Å². The summed E-state index contributed by atoms with van der Waals surface area (Å²) in [5.41, 5.74) is 3.74. The van der Waals surface area contributed by atoms with E-state index >= 15 is 0 Å². The lowest BCUT2D eigenvalue weighted by Gasteiger charge is -2.21. The molecule has 4 heteroatoms. The highest BCUT2D eigenvalue weighted by Crippen LogP contribution is 2.31. The Labute approximate surface area is 150 Å². The lowest BCUT2D eigenvalue weighted by molar-refractivity contribution is -0.623. The second kappa shape index (κ2) is 6.17. The first-order valence-corrected chi connectivity index (χ1v) is 8.94. The summed E-state index contributed by atoms with van der Waals surface area (Å²) in [6.45, 7) is 13.5. The first-order valence-electron chi connectivity index (χ1n) is 8.94. The zero-order valence-electron chi connectivity index (χ0n) is 16.4. The maximum Gasteiger partial charge on any atom is 0.358 e. The van der Waals surface area contributed by atoms with Crippen LogP contribution < -0.4 is 4.57 Å². The van der Waals surface area contributed by atoms with Gasteiger partial charge >= 0.3 is 5.95 Å². The van der Waals surface area contributed by atoms with Crippen LogP contribution in [0.2, 0.25) is 0 Å². The van der Waals surface area contributed by atoms with E-state index in [1.165, 1.54) is 22.9 Å². The second-order valence-corrected chi connectivity index (χ2v) is 8.04. The van der Waals surface area contributed by atoms with Gasteiger partial charge in [0.2, 0.25) is 0 Å². The first-order chi connectivity index (χ1) is 11.7. The van der Waals surface area contributed by atoms with Gasteiger partial charge in [-0.15, -0.1) is 4.98 Å². The Kier molecular flexibility index (Phi) is 4.31. The minimum absolute atomic E-state index is 0.0420. The van der Waals surface area contributed by atoms with Crippen LogP contribution >= 0.6 is 0 Å². The number of rotatable bonds is 3. The largest absolute Gasteiger partial charge is 0.358 e. The van der Waals surface area contributed by atoms with E-state index in [4.69, 9.17) is 0 Å². The van der Waals surface area contributed by atoms with Crippen molar-refractivity contribution in [3.63, 3.8) is 0 Å². The van der Waals surface area contributed by atoms with Gasteiger partial charge in [-0.25, -0.2) is 4.57 Å². The number of aryl methyl sites for hydroxylation is 1. The van der Waals surface area contributed by atoms with Crippen molar-refractivity contribution >= 4 is 0 Å². The molecule has 3 rings (SSSR count). The Morgan fingerprint density at radius 2 is 1.72 bits per heavy atom.